The van der Waals surface area contributed by atoms with Gasteiger partial charge in [0.15, 0.2) is 0 Å². The fourth-order valence-electron chi connectivity index (χ4n) is 1.76. The van der Waals surface area contributed by atoms with Crippen molar-refractivity contribution < 1.29 is 23.1 Å². The maximum atomic E-state index is 13.8. The molecule has 2 amide bonds. The van der Waals surface area contributed by atoms with Crippen LogP contribution in [-0.4, -0.2) is 52.7 Å². The summed E-state index contributed by atoms with van der Waals surface area (Å²) in [5, 5.41) is 6.02. The molecule has 0 atom stereocenters. The summed E-state index contributed by atoms with van der Waals surface area (Å²) < 4.78 is 33.6. The van der Waals surface area contributed by atoms with Gasteiger partial charge < -0.3 is 9.64 Å². The fourth-order valence-corrected chi connectivity index (χ4v) is 1.76. The number of aromatic nitrogens is 3. The first kappa shape index (κ1) is 17.3. The predicted octanol–water partition coefficient (Wildman–Crippen LogP) is 0.905. The molecule has 0 aliphatic rings. The summed E-state index contributed by atoms with van der Waals surface area (Å²) in [6.45, 7) is -0.0822. The van der Waals surface area contributed by atoms with E-state index in [4.69, 9.17) is 4.74 Å². The van der Waals surface area contributed by atoms with Gasteiger partial charge in [-0.15, -0.1) is 5.10 Å². The largest absolute Gasteiger partial charge is 0.497 e. The van der Waals surface area contributed by atoms with Gasteiger partial charge in [-0.1, -0.05) is 0 Å². The molecule has 2 rings (SSSR count). The summed E-state index contributed by atoms with van der Waals surface area (Å²) in [6, 6.07) is 1.78. The third-order valence-corrected chi connectivity index (χ3v) is 3.04. The number of ether oxygens (including phenoxy) is 1. The third-order valence-electron chi connectivity index (χ3n) is 3.04. The van der Waals surface area contributed by atoms with Gasteiger partial charge in [0.2, 0.25) is 11.9 Å². The van der Waals surface area contributed by atoms with Crippen LogP contribution in [0.4, 0.5) is 14.7 Å². The quantitative estimate of drug-likeness (QED) is 0.874. The van der Waals surface area contributed by atoms with Crippen LogP contribution in [0.5, 0.6) is 5.75 Å². The van der Waals surface area contributed by atoms with Crippen molar-refractivity contribution in [1.82, 2.24) is 19.7 Å². The van der Waals surface area contributed by atoms with Crippen LogP contribution in [0.3, 0.4) is 0 Å². The Kier molecular flexibility index (Phi) is 5.07. The molecular formula is C14H15F2N5O3. The van der Waals surface area contributed by atoms with Crippen molar-refractivity contribution in [2.45, 2.75) is 6.54 Å². The number of hydrogen-bond donors (Lipinski definition) is 1. The maximum absolute atomic E-state index is 13.8. The molecule has 1 aromatic heterocycles. The van der Waals surface area contributed by atoms with Crippen molar-refractivity contribution in [1.29, 1.82) is 0 Å². The highest BCUT2D eigenvalue weighted by atomic mass is 19.1. The number of carbonyl (C=O) groups excluding carboxylic acids is 2. The molecular weight excluding hydrogens is 324 g/mol. The van der Waals surface area contributed by atoms with Crippen LogP contribution in [0.1, 0.15) is 10.4 Å². The molecule has 1 aromatic carbocycles. The van der Waals surface area contributed by atoms with E-state index in [1.54, 1.807) is 14.1 Å². The molecule has 0 fully saturated rings. The monoisotopic (exact) mass is 339 g/mol. The van der Waals surface area contributed by atoms with Gasteiger partial charge >= 0.3 is 0 Å². The molecule has 128 valence electrons. The first-order valence-electron chi connectivity index (χ1n) is 6.75. The zero-order chi connectivity index (χ0) is 17.9. The van der Waals surface area contributed by atoms with E-state index >= 15 is 0 Å². The minimum Gasteiger partial charge on any atom is -0.497 e. The molecule has 2 aromatic rings. The highest BCUT2D eigenvalue weighted by Gasteiger charge is 2.20. The molecule has 0 saturated heterocycles. The van der Waals surface area contributed by atoms with Gasteiger partial charge in [0.05, 0.1) is 7.11 Å². The number of nitrogens with zero attached hydrogens (tertiary/aromatic N) is 4. The molecule has 0 aliphatic heterocycles. The van der Waals surface area contributed by atoms with Crippen molar-refractivity contribution in [2.75, 3.05) is 26.5 Å². The fraction of sp³-hybridized carbons (Fsp3) is 0.286. The van der Waals surface area contributed by atoms with Gasteiger partial charge in [-0.2, -0.15) is 0 Å². The smallest absolute Gasteiger partial charge is 0.264 e. The number of carbonyl (C=O) groups is 2. The van der Waals surface area contributed by atoms with Crippen LogP contribution in [0.2, 0.25) is 0 Å². The van der Waals surface area contributed by atoms with Crippen LogP contribution >= 0.6 is 0 Å². The van der Waals surface area contributed by atoms with E-state index in [0.717, 1.165) is 12.1 Å². The SMILES string of the molecule is COc1cc(F)c(C(=O)Nc2ncn(CC(=O)N(C)C)n2)c(F)c1. The number of likely N-dealkylation sites (N-methyl/N-ethyl adjacent to an activating group) is 1. The average molecular weight is 339 g/mol. The van der Waals surface area contributed by atoms with Crippen LogP contribution in [0.15, 0.2) is 18.5 Å². The highest BCUT2D eigenvalue weighted by molar-refractivity contribution is 6.03. The molecule has 0 spiro atoms. The lowest BCUT2D eigenvalue weighted by molar-refractivity contribution is -0.129. The lowest BCUT2D eigenvalue weighted by Crippen LogP contribution is -2.26. The molecule has 0 unspecified atom stereocenters. The van der Waals surface area contributed by atoms with Crippen molar-refractivity contribution >= 4 is 17.8 Å². The van der Waals surface area contributed by atoms with Gasteiger partial charge in [0.25, 0.3) is 5.91 Å². The molecule has 24 heavy (non-hydrogen) atoms. The minimum atomic E-state index is -1.08. The molecule has 8 nitrogen and oxygen atoms in total. The second-order valence-corrected chi connectivity index (χ2v) is 4.97. The molecule has 0 aliphatic carbocycles. The number of halogens is 2. The Labute approximate surface area is 136 Å². The molecule has 10 heteroatoms. The summed E-state index contributed by atoms with van der Waals surface area (Å²) in [7, 11) is 4.41. The second kappa shape index (κ2) is 7.02. The summed E-state index contributed by atoms with van der Waals surface area (Å²) in [4.78, 5) is 28.7. The molecule has 1 N–H and O–H groups in total. The Balaban J connectivity index is 2.13. The van der Waals surface area contributed by atoms with Crippen LogP contribution in [-0.2, 0) is 11.3 Å². The Morgan fingerprint density at radius 3 is 2.46 bits per heavy atom. The lowest BCUT2D eigenvalue weighted by atomic mass is 10.1. The summed E-state index contributed by atoms with van der Waals surface area (Å²) in [5.41, 5.74) is -0.781. The van der Waals surface area contributed by atoms with E-state index < -0.39 is 23.1 Å². The normalized spacial score (nSPS) is 10.4. The lowest BCUT2D eigenvalue weighted by Gasteiger charge is -2.09. The average Bonchev–Trinajstić information content (AvgIpc) is 2.93. The van der Waals surface area contributed by atoms with Crippen LogP contribution in [0, 0.1) is 11.6 Å². The number of amides is 2. The van der Waals surface area contributed by atoms with Crippen molar-refractivity contribution in [3.63, 3.8) is 0 Å². The Morgan fingerprint density at radius 2 is 1.92 bits per heavy atom. The molecule has 0 saturated carbocycles. The topological polar surface area (TPSA) is 89.3 Å². The zero-order valence-corrected chi connectivity index (χ0v) is 13.2. The van der Waals surface area contributed by atoms with Crippen LogP contribution < -0.4 is 10.1 Å². The number of benzene rings is 1. The van der Waals surface area contributed by atoms with E-state index in [1.165, 1.54) is 23.0 Å². The van der Waals surface area contributed by atoms with E-state index in [9.17, 15) is 18.4 Å². The van der Waals surface area contributed by atoms with E-state index in [0.29, 0.717) is 0 Å². The Hall–Kier alpha value is -3.04. The van der Waals surface area contributed by atoms with Crippen molar-refractivity contribution in [3.05, 3.63) is 35.7 Å². The van der Waals surface area contributed by atoms with Crippen LogP contribution in [0.25, 0.3) is 0 Å². The van der Waals surface area contributed by atoms with Gasteiger partial charge in [-0.05, 0) is 0 Å². The standard InChI is InChI=1S/C14H15F2N5O3/c1-20(2)11(22)6-21-7-17-14(19-21)18-13(23)12-9(15)4-8(24-3)5-10(12)16/h4-5,7H,6H2,1-3H3,(H,18,19,23). The van der Waals surface area contributed by atoms with Gasteiger partial charge in [0, 0.05) is 26.2 Å². The minimum absolute atomic E-state index is 0.0499. The second-order valence-electron chi connectivity index (χ2n) is 4.97. The van der Waals surface area contributed by atoms with Gasteiger partial charge in [-0.25, -0.2) is 18.4 Å². The number of anilines is 1. The van der Waals surface area contributed by atoms with E-state index in [1.807, 2.05) is 0 Å². The highest BCUT2D eigenvalue weighted by Crippen LogP contribution is 2.21. The van der Waals surface area contributed by atoms with E-state index in [-0.39, 0.29) is 24.1 Å². The van der Waals surface area contributed by atoms with Gasteiger partial charge in [0.1, 0.15) is 35.8 Å². The predicted molar refractivity (Wildman–Crippen MR) is 79.6 cm³/mol. The number of rotatable bonds is 5. The first-order chi connectivity index (χ1) is 11.3. The van der Waals surface area contributed by atoms with Crippen molar-refractivity contribution in [3.8, 4) is 5.75 Å². The summed E-state index contributed by atoms with van der Waals surface area (Å²) >= 11 is 0. The Bertz CT molecular complexity index is 753. The zero-order valence-electron chi connectivity index (χ0n) is 13.2. The van der Waals surface area contributed by atoms with Crippen molar-refractivity contribution in [2.24, 2.45) is 0 Å². The van der Waals surface area contributed by atoms with Gasteiger partial charge in [-0.3, -0.25) is 14.9 Å². The number of nitrogens with one attached hydrogen (secondary N) is 1. The number of methoxy groups -OCH3 is 1. The maximum Gasteiger partial charge on any atom is 0.264 e. The molecule has 0 radical (unpaired) electrons. The third kappa shape index (κ3) is 3.83. The van der Waals surface area contributed by atoms with E-state index in [2.05, 4.69) is 15.4 Å². The molecule has 1 heterocycles. The first-order valence-corrected chi connectivity index (χ1v) is 6.75. The number of hydrogen-bond acceptors (Lipinski definition) is 5. The Morgan fingerprint density at radius 1 is 1.29 bits per heavy atom. The summed E-state index contributed by atoms with van der Waals surface area (Å²) in [6.07, 6.45) is 1.22. The molecule has 0 bridgehead atoms. The summed E-state index contributed by atoms with van der Waals surface area (Å²) in [5.74, 6) is -3.67.